The van der Waals surface area contributed by atoms with Crippen molar-refractivity contribution >= 4 is 57.6 Å². The fraction of sp³-hybridized carbons (Fsp3) is 0.209. The van der Waals surface area contributed by atoms with Crippen molar-refractivity contribution in [1.29, 1.82) is 5.26 Å². The van der Waals surface area contributed by atoms with Gasteiger partial charge in [0.1, 0.15) is 22.5 Å². The van der Waals surface area contributed by atoms with Crippen LogP contribution in [0, 0.1) is 11.3 Å². The monoisotopic (exact) mass is 772 g/mol. The second kappa shape index (κ2) is 17.9. The lowest BCUT2D eigenvalue weighted by atomic mass is 9.83. The van der Waals surface area contributed by atoms with E-state index in [1.807, 2.05) is 12.1 Å². The number of benzene rings is 4. The molecule has 4 aromatic carbocycles. The van der Waals surface area contributed by atoms with Crippen LogP contribution in [0.5, 0.6) is 17.2 Å². The van der Waals surface area contributed by atoms with Gasteiger partial charge < -0.3 is 30.2 Å². The molecule has 0 aliphatic heterocycles. The molecule has 6 rings (SSSR count). The first-order chi connectivity index (χ1) is 26.7. The number of fused-ring (bicyclic) bond motifs is 1. The number of thioether (sulfide) groups is 1. The van der Waals surface area contributed by atoms with E-state index in [0.717, 1.165) is 34.6 Å². The van der Waals surface area contributed by atoms with Gasteiger partial charge in [-0.1, -0.05) is 54.6 Å². The van der Waals surface area contributed by atoms with Gasteiger partial charge in [-0.2, -0.15) is 5.26 Å². The van der Waals surface area contributed by atoms with Crippen molar-refractivity contribution in [3.05, 3.63) is 135 Å². The molecule has 280 valence electrons. The highest BCUT2D eigenvalue weighted by Gasteiger charge is 2.28. The van der Waals surface area contributed by atoms with Gasteiger partial charge in [0.15, 0.2) is 11.5 Å². The van der Waals surface area contributed by atoms with E-state index in [9.17, 15) is 19.6 Å². The lowest BCUT2D eigenvalue weighted by Gasteiger charge is -2.22. The molecule has 1 aliphatic rings. The molecular weight excluding hydrogens is 733 g/mol. The highest BCUT2D eigenvalue weighted by Crippen LogP contribution is 2.42. The molecule has 1 heterocycles. The summed E-state index contributed by atoms with van der Waals surface area (Å²) >= 11 is 2.81. The third kappa shape index (κ3) is 9.20. The van der Waals surface area contributed by atoms with E-state index >= 15 is 0 Å². The summed E-state index contributed by atoms with van der Waals surface area (Å²) in [6.07, 6.45) is 4.09. The number of anilines is 2. The summed E-state index contributed by atoms with van der Waals surface area (Å²) in [5.74, 6) is 0.318. The summed E-state index contributed by atoms with van der Waals surface area (Å²) in [4.78, 5) is 42.5. The van der Waals surface area contributed by atoms with Crippen molar-refractivity contribution < 1.29 is 28.6 Å². The van der Waals surface area contributed by atoms with Gasteiger partial charge in [-0.3, -0.25) is 14.4 Å². The molecule has 0 fully saturated rings. The van der Waals surface area contributed by atoms with E-state index in [-0.39, 0.29) is 11.6 Å². The summed E-state index contributed by atoms with van der Waals surface area (Å²) in [5, 5.41) is 18.8. The number of rotatable bonds is 13. The number of thiophene rings is 1. The number of amides is 3. The Morgan fingerprint density at radius 2 is 1.56 bits per heavy atom. The van der Waals surface area contributed by atoms with Crippen LogP contribution in [-0.2, 0) is 22.4 Å². The Labute approximate surface area is 328 Å². The molecule has 3 amide bonds. The van der Waals surface area contributed by atoms with Crippen molar-refractivity contribution in [2.24, 2.45) is 0 Å². The zero-order valence-corrected chi connectivity index (χ0v) is 32.4. The third-order valence-electron chi connectivity index (χ3n) is 9.22. The lowest BCUT2D eigenvalue weighted by molar-refractivity contribution is -0.115. The quantitative estimate of drug-likeness (QED) is 0.0801. The number of hydrogen-bond acceptors (Lipinski definition) is 9. The molecule has 0 saturated heterocycles. The minimum absolute atomic E-state index is 0.0489. The molecule has 12 heteroatoms. The molecule has 0 bridgehead atoms. The molecule has 0 saturated carbocycles. The number of methoxy groups -OCH3 is 3. The minimum atomic E-state index is -0.589. The zero-order chi connectivity index (χ0) is 38.9. The second-order valence-electron chi connectivity index (χ2n) is 12.7. The molecule has 1 aromatic heterocycles. The maximum atomic E-state index is 13.9. The maximum absolute atomic E-state index is 13.9. The Morgan fingerprint density at radius 1 is 0.873 bits per heavy atom. The summed E-state index contributed by atoms with van der Waals surface area (Å²) in [6.45, 7) is 1.80. The van der Waals surface area contributed by atoms with Crippen LogP contribution in [0.25, 0.3) is 6.08 Å². The predicted molar refractivity (Wildman–Crippen MR) is 217 cm³/mol. The van der Waals surface area contributed by atoms with Crippen LogP contribution in [0.1, 0.15) is 56.8 Å². The number of hydrogen-bond donors (Lipinski definition) is 3. The van der Waals surface area contributed by atoms with Crippen LogP contribution in [0.2, 0.25) is 0 Å². The Kier molecular flexibility index (Phi) is 12.6. The number of ether oxygens (including phenoxy) is 3. The molecule has 1 aliphatic carbocycles. The van der Waals surface area contributed by atoms with Gasteiger partial charge in [0, 0.05) is 32.7 Å². The summed E-state index contributed by atoms with van der Waals surface area (Å²) in [5.41, 5.74) is 4.11. The van der Waals surface area contributed by atoms with Crippen molar-refractivity contribution in [3.8, 4) is 23.3 Å². The fourth-order valence-corrected chi connectivity index (χ4v) is 8.59. The van der Waals surface area contributed by atoms with Gasteiger partial charge in [-0.05, 0) is 85.7 Å². The first kappa shape index (κ1) is 38.7. The highest BCUT2D eigenvalue weighted by molar-refractivity contribution is 8.00. The average Bonchev–Trinajstić information content (AvgIpc) is 3.56. The maximum Gasteiger partial charge on any atom is 0.272 e. The van der Waals surface area contributed by atoms with Crippen LogP contribution in [-0.4, -0.2) is 44.3 Å². The van der Waals surface area contributed by atoms with Crippen molar-refractivity contribution in [2.45, 2.75) is 42.2 Å². The molecule has 2 unspecified atom stereocenters. The summed E-state index contributed by atoms with van der Waals surface area (Å²) < 4.78 is 16.4. The Balaban J connectivity index is 1.17. The molecular formula is C43H40N4O6S2. The van der Waals surface area contributed by atoms with Gasteiger partial charge in [-0.25, -0.2) is 0 Å². The molecule has 55 heavy (non-hydrogen) atoms. The minimum Gasteiger partial charge on any atom is -0.496 e. The van der Waals surface area contributed by atoms with Gasteiger partial charge in [0.2, 0.25) is 5.91 Å². The van der Waals surface area contributed by atoms with E-state index < -0.39 is 17.1 Å². The topological polar surface area (TPSA) is 139 Å². The van der Waals surface area contributed by atoms with E-state index in [2.05, 4.69) is 46.3 Å². The lowest BCUT2D eigenvalue weighted by Crippen LogP contribution is -2.30. The first-order valence-electron chi connectivity index (χ1n) is 17.6. The zero-order valence-electron chi connectivity index (χ0n) is 30.8. The number of nitrogens with zero attached hydrogens (tertiary/aromatic N) is 1. The Bertz CT molecular complexity index is 2270. The largest absolute Gasteiger partial charge is 0.496 e. The molecule has 5 aromatic rings. The van der Waals surface area contributed by atoms with E-state index in [0.29, 0.717) is 50.5 Å². The molecule has 0 radical (unpaired) electrons. The highest BCUT2D eigenvalue weighted by atomic mass is 32.2. The normalized spacial score (nSPS) is 14.1. The number of carbonyl (C=O) groups is 3. The van der Waals surface area contributed by atoms with Gasteiger partial charge in [-0.15, -0.1) is 23.1 Å². The number of nitrogens with one attached hydrogen (secondary N) is 3. The van der Waals surface area contributed by atoms with Crippen molar-refractivity contribution in [3.63, 3.8) is 0 Å². The van der Waals surface area contributed by atoms with E-state index in [4.69, 9.17) is 14.2 Å². The molecule has 0 spiro atoms. The first-order valence-corrected chi connectivity index (χ1v) is 19.3. The summed E-state index contributed by atoms with van der Waals surface area (Å²) in [6, 6.07) is 31.7. The van der Waals surface area contributed by atoms with Crippen LogP contribution in [0.15, 0.2) is 108 Å². The predicted octanol–water partition coefficient (Wildman–Crippen LogP) is 8.45. The molecule has 10 nitrogen and oxygen atoms in total. The molecule has 3 N–H and O–H groups in total. The average molecular weight is 773 g/mol. The fourth-order valence-electron chi connectivity index (χ4n) is 6.38. The van der Waals surface area contributed by atoms with Crippen LogP contribution < -0.4 is 30.2 Å². The Hall–Kier alpha value is -6.03. The number of nitriles is 1. The summed E-state index contributed by atoms with van der Waals surface area (Å²) in [7, 11) is 4.49. The van der Waals surface area contributed by atoms with Crippen LogP contribution in [0.3, 0.4) is 0 Å². The Morgan fingerprint density at radius 3 is 2.25 bits per heavy atom. The van der Waals surface area contributed by atoms with Crippen molar-refractivity contribution in [2.75, 3.05) is 32.0 Å². The SMILES string of the molecule is COc1cc(OC)c(OC)cc1/C=C(/NC(=O)c1ccccc1)C(=O)Nc1cccc(SC(C)C(=O)Nc2sc3c(c2C#N)CCC(c2ccccc2)C3)c1. The molecule has 2 atom stereocenters. The smallest absolute Gasteiger partial charge is 0.272 e. The third-order valence-corrected chi connectivity index (χ3v) is 11.5. The van der Waals surface area contributed by atoms with Gasteiger partial charge in [0.25, 0.3) is 11.8 Å². The number of carbonyl (C=O) groups excluding carboxylic acids is 3. The van der Waals surface area contributed by atoms with Crippen LogP contribution >= 0.6 is 23.1 Å². The van der Waals surface area contributed by atoms with Gasteiger partial charge >= 0.3 is 0 Å². The van der Waals surface area contributed by atoms with Crippen molar-refractivity contribution in [1.82, 2.24) is 5.32 Å². The van der Waals surface area contributed by atoms with E-state index in [1.54, 1.807) is 67.6 Å². The van der Waals surface area contributed by atoms with Crippen LogP contribution in [0.4, 0.5) is 10.7 Å². The van der Waals surface area contributed by atoms with Gasteiger partial charge in [0.05, 0.1) is 32.1 Å². The standard InChI is InChI=1S/C43H40N4O6S2/c1-26(40(48)47-43-34(25-44)33-19-18-29(22-39(33)55-43)27-12-7-5-8-13-27)54-32-17-11-16-31(23-32)45-42(50)35(46-41(49)28-14-9-6-10-15-28)20-30-21-37(52-3)38(53-4)24-36(30)51-2/h5-17,20-21,23-24,26,29H,18-19,22H2,1-4H3,(H,45,50)(H,46,49)(H,47,48)/b35-20+. The van der Waals surface area contributed by atoms with E-state index in [1.165, 1.54) is 56.1 Å². The second-order valence-corrected chi connectivity index (χ2v) is 15.2.